The molecule has 154 valence electrons. The number of carbonyl (C=O) groups excluding carboxylic acids is 3. The molecule has 2 fully saturated rings. The van der Waals surface area contributed by atoms with Crippen LogP contribution in [0.5, 0.6) is 0 Å². The van der Waals surface area contributed by atoms with Crippen LogP contribution in [0.3, 0.4) is 0 Å². The van der Waals surface area contributed by atoms with E-state index in [2.05, 4.69) is 10.6 Å². The number of anilines is 1. The number of likely N-dealkylation sites (tertiary alicyclic amines) is 1. The van der Waals surface area contributed by atoms with Crippen molar-refractivity contribution in [2.24, 2.45) is 11.7 Å². The summed E-state index contributed by atoms with van der Waals surface area (Å²) in [6.07, 6.45) is 1.35. The van der Waals surface area contributed by atoms with Crippen molar-refractivity contribution in [1.82, 2.24) is 15.5 Å². The smallest absolute Gasteiger partial charge is 0.321 e. The first-order valence-corrected chi connectivity index (χ1v) is 9.13. The predicted molar refractivity (Wildman–Crippen MR) is 105 cm³/mol. The molecule has 1 aromatic rings. The quantitative estimate of drug-likeness (QED) is 0.660. The standard InChI is InChI=1S/C18H24FN5O3.ClH/c19-15-4-3-13(24-9-7-22-18(24)27)10-14(15)17(26)23-8-1-2-12(11-23)16(25)21-6-5-20;/h3-4,10,12H,1-2,5-9,11,20H2,(H,21,25)(H,22,27);1H. The van der Waals surface area contributed by atoms with E-state index in [1.807, 2.05) is 0 Å². The summed E-state index contributed by atoms with van der Waals surface area (Å²) >= 11 is 0. The van der Waals surface area contributed by atoms with Crippen molar-refractivity contribution in [3.63, 3.8) is 0 Å². The minimum absolute atomic E-state index is 0. The summed E-state index contributed by atoms with van der Waals surface area (Å²) in [6, 6.07) is 3.81. The third-order valence-electron chi connectivity index (χ3n) is 4.87. The second-order valence-corrected chi connectivity index (χ2v) is 6.72. The molecule has 1 atom stereocenters. The summed E-state index contributed by atoms with van der Waals surface area (Å²) in [5, 5.41) is 5.41. The molecule has 28 heavy (non-hydrogen) atoms. The van der Waals surface area contributed by atoms with Crippen LogP contribution in [-0.4, -0.2) is 62.0 Å². The van der Waals surface area contributed by atoms with Crippen LogP contribution in [0.4, 0.5) is 14.9 Å². The van der Waals surface area contributed by atoms with Crippen LogP contribution >= 0.6 is 12.4 Å². The van der Waals surface area contributed by atoms with E-state index in [1.165, 1.54) is 28.0 Å². The average molecular weight is 414 g/mol. The Bertz CT molecular complexity index is 748. The number of halogens is 2. The van der Waals surface area contributed by atoms with Gasteiger partial charge in [0.05, 0.1) is 11.5 Å². The Labute approximate surface area is 169 Å². The molecule has 0 aliphatic carbocycles. The molecule has 4 N–H and O–H groups in total. The Morgan fingerprint density at radius 2 is 2.11 bits per heavy atom. The van der Waals surface area contributed by atoms with Crippen molar-refractivity contribution in [2.75, 3.05) is 44.2 Å². The fourth-order valence-corrected chi connectivity index (χ4v) is 3.45. The van der Waals surface area contributed by atoms with Gasteiger partial charge in [0, 0.05) is 45.0 Å². The lowest BCUT2D eigenvalue weighted by Crippen LogP contribution is -2.46. The lowest BCUT2D eigenvalue weighted by molar-refractivity contribution is -0.126. The van der Waals surface area contributed by atoms with E-state index >= 15 is 0 Å². The zero-order valence-electron chi connectivity index (χ0n) is 15.4. The molecule has 0 bridgehead atoms. The van der Waals surface area contributed by atoms with E-state index in [0.29, 0.717) is 51.3 Å². The number of hydrogen-bond acceptors (Lipinski definition) is 4. The van der Waals surface area contributed by atoms with Gasteiger partial charge in [-0.3, -0.25) is 14.5 Å². The van der Waals surface area contributed by atoms with Gasteiger partial charge in [-0.1, -0.05) is 0 Å². The lowest BCUT2D eigenvalue weighted by atomic mass is 9.96. The number of rotatable bonds is 5. The third-order valence-corrected chi connectivity index (χ3v) is 4.87. The maximum Gasteiger partial charge on any atom is 0.321 e. The summed E-state index contributed by atoms with van der Waals surface area (Å²) in [6.45, 7) is 2.41. The zero-order valence-corrected chi connectivity index (χ0v) is 16.3. The molecule has 0 aromatic heterocycles. The van der Waals surface area contributed by atoms with Gasteiger partial charge >= 0.3 is 6.03 Å². The molecule has 0 radical (unpaired) electrons. The molecule has 2 heterocycles. The van der Waals surface area contributed by atoms with Crippen LogP contribution in [0.1, 0.15) is 23.2 Å². The summed E-state index contributed by atoms with van der Waals surface area (Å²) in [4.78, 5) is 39.8. The van der Waals surface area contributed by atoms with Crippen LogP contribution in [0, 0.1) is 11.7 Å². The maximum atomic E-state index is 14.3. The molecule has 2 saturated heterocycles. The van der Waals surface area contributed by atoms with Crippen LogP contribution in [0.2, 0.25) is 0 Å². The van der Waals surface area contributed by atoms with Gasteiger partial charge in [0.15, 0.2) is 0 Å². The van der Waals surface area contributed by atoms with E-state index in [1.54, 1.807) is 0 Å². The summed E-state index contributed by atoms with van der Waals surface area (Å²) in [5.41, 5.74) is 5.79. The highest BCUT2D eigenvalue weighted by Crippen LogP contribution is 2.24. The molecule has 0 saturated carbocycles. The number of benzene rings is 1. The number of hydrogen-bond donors (Lipinski definition) is 3. The minimum atomic E-state index is -0.641. The van der Waals surface area contributed by atoms with Crippen LogP contribution < -0.4 is 21.3 Å². The number of amides is 4. The summed E-state index contributed by atoms with van der Waals surface area (Å²) in [7, 11) is 0. The number of urea groups is 1. The fourth-order valence-electron chi connectivity index (χ4n) is 3.45. The predicted octanol–water partition coefficient (Wildman–Crippen LogP) is 0.704. The van der Waals surface area contributed by atoms with Gasteiger partial charge in [-0.25, -0.2) is 9.18 Å². The highest BCUT2D eigenvalue weighted by molar-refractivity contribution is 5.99. The Morgan fingerprint density at radius 1 is 1.32 bits per heavy atom. The number of carbonyl (C=O) groups is 3. The SMILES string of the molecule is Cl.NCCNC(=O)C1CCCN(C(=O)c2cc(N3CCNC3=O)ccc2F)C1. The van der Waals surface area contributed by atoms with Gasteiger partial charge in [-0.05, 0) is 31.0 Å². The first-order chi connectivity index (χ1) is 13.0. The minimum Gasteiger partial charge on any atom is -0.355 e. The molecule has 1 unspecified atom stereocenters. The highest BCUT2D eigenvalue weighted by atomic mass is 35.5. The van der Waals surface area contributed by atoms with E-state index in [-0.39, 0.29) is 42.4 Å². The van der Waals surface area contributed by atoms with Crippen molar-refractivity contribution >= 4 is 35.9 Å². The Morgan fingerprint density at radius 3 is 2.79 bits per heavy atom. The molecule has 10 heteroatoms. The average Bonchev–Trinajstić information content (AvgIpc) is 3.12. The molecule has 8 nitrogen and oxygen atoms in total. The summed E-state index contributed by atoms with van der Waals surface area (Å²) < 4.78 is 14.3. The van der Waals surface area contributed by atoms with Crippen molar-refractivity contribution in [2.45, 2.75) is 12.8 Å². The second kappa shape index (κ2) is 9.70. The molecule has 2 aliphatic rings. The first-order valence-electron chi connectivity index (χ1n) is 9.13. The second-order valence-electron chi connectivity index (χ2n) is 6.72. The van der Waals surface area contributed by atoms with E-state index in [4.69, 9.17) is 5.73 Å². The normalized spacial score (nSPS) is 19.1. The first kappa shape index (κ1) is 21.9. The Balaban J connectivity index is 0.00000280. The molecule has 0 spiro atoms. The molecule has 3 rings (SSSR count). The van der Waals surface area contributed by atoms with Crippen molar-refractivity contribution < 1.29 is 18.8 Å². The van der Waals surface area contributed by atoms with E-state index in [0.717, 1.165) is 0 Å². The van der Waals surface area contributed by atoms with Crippen molar-refractivity contribution in [3.8, 4) is 0 Å². The number of nitrogens with one attached hydrogen (secondary N) is 2. The molecular formula is C18H25ClFN5O3. The Hall–Kier alpha value is -2.39. The van der Waals surface area contributed by atoms with Gasteiger partial charge in [-0.2, -0.15) is 0 Å². The van der Waals surface area contributed by atoms with Gasteiger partial charge in [0.1, 0.15) is 5.82 Å². The number of piperidine rings is 1. The molecule has 4 amide bonds. The monoisotopic (exact) mass is 413 g/mol. The van der Waals surface area contributed by atoms with Crippen molar-refractivity contribution in [3.05, 3.63) is 29.6 Å². The topological polar surface area (TPSA) is 108 Å². The molecule has 2 aliphatic heterocycles. The fraction of sp³-hybridized carbons (Fsp3) is 0.500. The van der Waals surface area contributed by atoms with Gasteiger partial charge < -0.3 is 21.3 Å². The Kier molecular flexibility index (Phi) is 7.59. The zero-order chi connectivity index (χ0) is 19.4. The number of nitrogens with zero attached hydrogens (tertiary/aromatic N) is 2. The van der Waals surface area contributed by atoms with E-state index < -0.39 is 11.7 Å². The largest absolute Gasteiger partial charge is 0.355 e. The lowest BCUT2D eigenvalue weighted by Gasteiger charge is -2.32. The molecule has 1 aromatic carbocycles. The third kappa shape index (κ3) is 4.71. The van der Waals surface area contributed by atoms with Crippen LogP contribution in [0.15, 0.2) is 18.2 Å². The van der Waals surface area contributed by atoms with Gasteiger partial charge in [-0.15, -0.1) is 12.4 Å². The van der Waals surface area contributed by atoms with Gasteiger partial charge in [0.25, 0.3) is 5.91 Å². The van der Waals surface area contributed by atoms with Crippen molar-refractivity contribution in [1.29, 1.82) is 0 Å². The molecular weight excluding hydrogens is 389 g/mol. The highest BCUT2D eigenvalue weighted by Gasteiger charge is 2.30. The van der Waals surface area contributed by atoms with E-state index in [9.17, 15) is 18.8 Å². The number of nitrogens with two attached hydrogens (primary N) is 1. The summed E-state index contributed by atoms with van der Waals surface area (Å²) in [5.74, 6) is -1.57. The maximum absolute atomic E-state index is 14.3. The van der Waals surface area contributed by atoms with Crippen LogP contribution in [0.25, 0.3) is 0 Å². The van der Waals surface area contributed by atoms with Gasteiger partial charge in [0.2, 0.25) is 5.91 Å². The van der Waals surface area contributed by atoms with Crippen LogP contribution in [-0.2, 0) is 4.79 Å².